The first kappa shape index (κ1) is 26.6. The van der Waals surface area contributed by atoms with Gasteiger partial charge in [-0.2, -0.15) is 0 Å². The van der Waals surface area contributed by atoms with Crippen LogP contribution < -0.4 is 14.8 Å². The zero-order valence-corrected chi connectivity index (χ0v) is 20.9. The maximum absolute atomic E-state index is 13.5. The summed E-state index contributed by atoms with van der Waals surface area (Å²) in [5, 5.41) is 2.86. The molecule has 3 amide bonds. The number of carbonyl (C=O) groups is 2. The van der Waals surface area contributed by atoms with Crippen LogP contribution in [0.25, 0.3) is 0 Å². The van der Waals surface area contributed by atoms with E-state index in [4.69, 9.17) is 18.6 Å². The van der Waals surface area contributed by atoms with Crippen LogP contribution >= 0.6 is 0 Å². The molecule has 0 aliphatic heterocycles. The zero-order valence-electron chi connectivity index (χ0n) is 20.9. The molecule has 9 heteroatoms. The summed E-state index contributed by atoms with van der Waals surface area (Å²) >= 11 is 0. The third-order valence-electron chi connectivity index (χ3n) is 5.54. The molecule has 0 bridgehead atoms. The van der Waals surface area contributed by atoms with Crippen molar-refractivity contribution >= 4 is 17.6 Å². The standard InChI is InChI=1S/C27H33N3O6/c1-33-15-8-14-29(27(32)28-24-13-12-22(34-2)17-25(24)35-3)20-26(31)30(19-23-11-7-16-36-23)18-21-9-5-4-6-10-21/h4-7,9-13,16-17H,8,14-15,18-20H2,1-3H3,(H,28,32). The first-order valence-electron chi connectivity index (χ1n) is 11.6. The van der Waals surface area contributed by atoms with Gasteiger partial charge in [0, 0.05) is 32.9 Å². The molecule has 36 heavy (non-hydrogen) atoms. The first-order valence-corrected chi connectivity index (χ1v) is 11.6. The second-order valence-corrected chi connectivity index (χ2v) is 8.08. The summed E-state index contributed by atoms with van der Waals surface area (Å²) in [7, 11) is 4.67. The van der Waals surface area contributed by atoms with Gasteiger partial charge in [-0.25, -0.2) is 4.79 Å². The number of carbonyl (C=O) groups excluding carboxylic acids is 2. The lowest BCUT2D eigenvalue weighted by atomic mass is 10.2. The first-order chi connectivity index (χ1) is 17.5. The lowest BCUT2D eigenvalue weighted by Crippen LogP contribution is -2.44. The van der Waals surface area contributed by atoms with Crippen molar-refractivity contribution in [3.05, 3.63) is 78.3 Å². The molecule has 0 unspecified atom stereocenters. The number of hydrogen-bond acceptors (Lipinski definition) is 6. The van der Waals surface area contributed by atoms with Crippen LogP contribution in [0.5, 0.6) is 11.5 Å². The molecule has 2 aromatic carbocycles. The Balaban J connectivity index is 1.77. The molecule has 1 heterocycles. The van der Waals surface area contributed by atoms with E-state index in [-0.39, 0.29) is 12.5 Å². The lowest BCUT2D eigenvalue weighted by molar-refractivity contribution is -0.133. The minimum Gasteiger partial charge on any atom is -0.497 e. The Morgan fingerprint density at radius 3 is 2.39 bits per heavy atom. The summed E-state index contributed by atoms with van der Waals surface area (Å²) in [6.07, 6.45) is 2.15. The van der Waals surface area contributed by atoms with Crippen LogP contribution in [-0.2, 0) is 22.6 Å². The molecule has 192 valence electrons. The van der Waals surface area contributed by atoms with E-state index >= 15 is 0 Å². The van der Waals surface area contributed by atoms with E-state index < -0.39 is 6.03 Å². The van der Waals surface area contributed by atoms with Crippen molar-refractivity contribution in [1.82, 2.24) is 9.80 Å². The van der Waals surface area contributed by atoms with Gasteiger partial charge in [0.2, 0.25) is 5.91 Å². The average molecular weight is 496 g/mol. The van der Waals surface area contributed by atoms with Gasteiger partial charge in [0.25, 0.3) is 0 Å². The third kappa shape index (κ3) is 7.78. The second-order valence-electron chi connectivity index (χ2n) is 8.08. The number of amides is 3. The number of benzene rings is 2. The summed E-state index contributed by atoms with van der Waals surface area (Å²) < 4.78 is 21.3. The van der Waals surface area contributed by atoms with Crippen molar-refractivity contribution < 1.29 is 28.2 Å². The highest BCUT2D eigenvalue weighted by molar-refractivity contribution is 5.93. The quantitative estimate of drug-likeness (QED) is 0.354. The number of nitrogens with zero attached hydrogens (tertiary/aromatic N) is 2. The van der Waals surface area contributed by atoms with E-state index in [0.717, 1.165) is 5.56 Å². The van der Waals surface area contributed by atoms with Crippen molar-refractivity contribution in [3.63, 3.8) is 0 Å². The number of hydrogen-bond donors (Lipinski definition) is 1. The van der Waals surface area contributed by atoms with Crippen LogP contribution in [0.3, 0.4) is 0 Å². The lowest BCUT2D eigenvalue weighted by Gasteiger charge is -2.28. The maximum atomic E-state index is 13.5. The van der Waals surface area contributed by atoms with Crippen LogP contribution in [0.15, 0.2) is 71.3 Å². The summed E-state index contributed by atoms with van der Waals surface area (Å²) in [4.78, 5) is 29.9. The number of furan rings is 1. The van der Waals surface area contributed by atoms with E-state index in [1.54, 1.807) is 49.6 Å². The van der Waals surface area contributed by atoms with Gasteiger partial charge < -0.3 is 33.7 Å². The summed E-state index contributed by atoms with van der Waals surface area (Å²) in [6.45, 7) is 1.37. The molecule has 0 aliphatic rings. The van der Waals surface area contributed by atoms with Gasteiger partial charge in [-0.05, 0) is 36.2 Å². The molecule has 0 saturated carbocycles. The van der Waals surface area contributed by atoms with E-state index in [2.05, 4.69) is 5.32 Å². The largest absolute Gasteiger partial charge is 0.497 e. The third-order valence-corrected chi connectivity index (χ3v) is 5.54. The predicted molar refractivity (Wildman–Crippen MR) is 136 cm³/mol. The Labute approximate surface area is 211 Å². The maximum Gasteiger partial charge on any atom is 0.322 e. The van der Waals surface area contributed by atoms with Gasteiger partial charge in [-0.3, -0.25) is 4.79 Å². The highest BCUT2D eigenvalue weighted by Crippen LogP contribution is 2.29. The molecule has 0 saturated heterocycles. The SMILES string of the molecule is COCCCN(CC(=O)N(Cc1ccccc1)Cc1ccco1)C(=O)Nc1ccc(OC)cc1OC. The molecule has 1 N–H and O–H groups in total. The molecule has 0 radical (unpaired) electrons. The topological polar surface area (TPSA) is 93.5 Å². The van der Waals surface area contributed by atoms with Gasteiger partial charge in [0.15, 0.2) is 0 Å². The van der Waals surface area contributed by atoms with Crippen molar-refractivity contribution in [2.45, 2.75) is 19.5 Å². The van der Waals surface area contributed by atoms with Crippen LogP contribution in [0.1, 0.15) is 17.7 Å². The summed E-state index contributed by atoms with van der Waals surface area (Å²) in [6, 6.07) is 18.0. The monoisotopic (exact) mass is 495 g/mol. The number of nitrogens with one attached hydrogen (secondary N) is 1. The smallest absolute Gasteiger partial charge is 0.322 e. The van der Waals surface area contributed by atoms with Crippen LogP contribution in [0.2, 0.25) is 0 Å². The number of anilines is 1. The molecule has 0 fully saturated rings. The number of rotatable bonds is 13. The number of ether oxygens (including phenoxy) is 3. The van der Waals surface area contributed by atoms with Crippen molar-refractivity contribution in [1.29, 1.82) is 0 Å². The average Bonchev–Trinajstić information content (AvgIpc) is 3.41. The minimum absolute atomic E-state index is 0.110. The summed E-state index contributed by atoms with van der Waals surface area (Å²) in [5.74, 6) is 1.52. The Bertz CT molecular complexity index is 1090. The minimum atomic E-state index is -0.416. The Hall–Kier alpha value is -3.98. The zero-order chi connectivity index (χ0) is 25.8. The van der Waals surface area contributed by atoms with Crippen molar-refractivity contribution in [2.24, 2.45) is 0 Å². The van der Waals surface area contributed by atoms with Gasteiger partial charge >= 0.3 is 6.03 Å². The molecule has 3 rings (SSSR count). The van der Waals surface area contributed by atoms with Crippen LogP contribution in [0, 0.1) is 0 Å². The van der Waals surface area contributed by atoms with Crippen LogP contribution in [0.4, 0.5) is 10.5 Å². The molecular weight excluding hydrogens is 462 g/mol. The summed E-state index contributed by atoms with van der Waals surface area (Å²) in [5.41, 5.74) is 1.46. The predicted octanol–water partition coefficient (Wildman–Crippen LogP) is 4.40. The van der Waals surface area contributed by atoms with Crippen molar-refractivity contribution in [3.8, 4) is 11.5 Å². The number of urea groups is 1. The molecular formula is C27H33N3O6. The molecule has 0 atom stereocenters. The Morgan fingerprint density at radius 1 is 0.917 bits per heavy atom. The van der Waals surface area contributed by atoms with Gasteiger partial charge in [0.1, 0.15) is 23.8 Å². The molecule has 0 spiro atoms. The highest BCUT2D eigenvalue weighted by Gasteiger charge is 2.23. The fraction of sp³-hybridized carbons (Fsp3) is 0.333. The molecule has 0 aliphatic carbocycles. The molecule has 1 aromatic heterocycles. The van der Waals surface area contributed by atoms with Crippen molar-refractivity contribution in [2.75, 3.05) is 46.3 Å². The second kappa shape index (κ2) is 13.8. The van der Waals surface area contributed by atoms with E-state index in [1.807, 2.05) is 36.4 Å². The van der Waals surface area contributed by atoms with Gasteiger partial charge in [-0.15, -0.1) is 0 Å². The highest BCUT2D eigenvalue weighted by atomic mass is 16.5. The van der Waals surface area contributed by atoms with E-state index in [9.17, 15) is 9.59 Å². The molecule has 9 nitrogen and oxygen atoms in total. The van der Waals surface area contributed by atoms with E-state index in [0.29, 0.717) is 55.6 Å². The van der Waals surface area contributed by atoms with Gasteiger partial charge in [-0.1, -0.05) is 30.3 Å². The van der Waals surface area contributed by atoms with Crippen LogP contribution in [-0.4, -0.2) is 62.8 Å². The van der Waals surface area contributed by atoms with E-state index in [1.165, 1.54) is 12.0 Å². The fourth-order valence-electron chi connectivity index (χ4n) is 3.64. The fourth-order valence-corrected chi connectivity index (χ4v) is 3.64. The number of methoxy groups -OCH3 is 3. The Kier molecular flexibility index (Phi) is 10.2. The molecule has 3 aromatic rings. The Morgan fingerprint density at radius 2 is 1.72 bits per heavy atom. The van der Waals surface area contributed by atoms with Gasteiger partial charge in [0.05, 0.1) is 32.7 Å². The normalized spacial score (nSPS) is 10.5.